The van der Waals surface area contributed by atoms with Gasteiger partial charge in [0.25, 0.3) is 5.69 Å². The Kier molecular flexibility index (Phi) is 4.87. The summed E-state index contributed by atoms with van der Waals surface area (Å²) in [5, 5.41) is 10.9. The number of imidazole rings is 1. The molecule has 0 atom stereocenters. The van der Waals surface area contributed by atoms with E-state index in [1.807, 2.05) is 18.2 Å². The van der Waals surface area contributed by atoms with Crippen molar-refractivity contribution in [1.82, 2.24) is 19.4 Å². The summed E-state index contributed by atoms with van der Waals surface area (Å²) < 4.78 is 2.17. The monoisotopic (exact) mass is 365 g/mol. The van der Waals surface area contributed by atoms with E-state index in [9.17, 15) is 10.1 Å². The normalized spacial score (nSPS) is 16.0. The minimum Gasteiger partial charge on any atom is -0.330 e. The molecule has 27 heavy (non-hydrogen) atoms. The first-order valence-electron chi connectivity index (χ1n) is 9.18. The zero-order chi connectivity index (χ0) is 18.8. The maximum atomic E-state index is 10.9. The highest BCUT2D eigenvalue weighted by Crippen LogP contribution is 2.18. The Labute approximate surface area is 158 Å². The lowest BCUT2D eigenvalue weighted by molar-refractivity contribution is -0.384. The van der Waals surface area contributed by atoms with Gasteiger partial charge in [-0.3, -0.25) is 19.9 Å². The van der Waals surface area contributed by atoms with Gasteiger partial charge >= 0.3 is 0 Å². The molecule has 1 aliphatic rings. The lowest BCUT2D eigenvalue weighted by atomic mass is 10.1. The highest BCUT2D eigenvalue weighted by Gasteiger charge is 2.19. The van der Waals surface area contributed by atoms with Gasteiger partial charge < -0.3 is 4.57 Å². The molecule has 0 unspecified atom stereocenters. The summed E-state index contributed by atoms with van der Waals surface area (Å²) in [5.41, 5.74) is 3.36. The summed E-state index contributed by atoms with van der Waals surface area (Å²) >= 11 is 0. The number of hydrogen-bond acceptors (Lipinski definition) is 5. The highest BCUT2D eigenvalue weighted by molar-refractivity contribution is 5.75. The summed E-state index contributed by atoms with van der Waals surface area (Å²) in [4.78, 5) is 20.1. The molecule has 1 fully saturated rings. The second-order valence-electron chi connectivity index (χ2n) is 7.06. The number of hydrogen-bond donors (Lipinski definition) is 0. The summed E-state index contributed by atoms with van der Waals surface area (Å²) in [5.74, 6) is 1.09. The molecule has 7 nitrogen and oxygen atoms in total. The smallest absolute Gasteiger partial charge is 0.269 e. The number of aromatic nitrogens is 2. The third kappa shape index (κ3) is 3.84. The summed E-state index contributed by atoms with van der Waals surface area (Å²) in [6.45, 7) is 5.44. The molecule has 1 saturated heterocycles. The van der Waals surface area contributed by atoms with E-state index in [0.717, 1.165) is 61.7 Å². The van der Waals surface area contributed by atoms with Gasteiger partial charge in [-0.2, -0.15) is 0 Å². The van der Waals surface area contributed by atoms with Crippen LogP contribution in [-0.4, -0.2) is 50.5 Å². The predicted octanol–water partition coefficient (Wildman–Crippen LogP) is 2.80. The Balaban J connectivity index is 1.35. The largest absolute Gasteiger partial charge is 0.330 e. The summed E-state index contributed by atoms with van der Waals surface area (Å²) in [6.07, 6.45) is 0. The first kappa shape index (κ1) is 17.6. The van der Waals surface area contributed by atoms with Crippen LogP contribution in [0.25, 0.3) is 11.0 Å². The number of nitrogens with zero attached hydrogens (tertiary/aromatic N) is 5. The minimum atomic E-state index is -0.335. The third-order valence-electron chi connectivity index (χ3n) is 5.24. The molecule has 7 heteroatoms. The van der Waals surface area contributed by atoms with Crippen molar-refractivity contribution in [2.45, 2.75) is 13.1 Å². The van der Waals surface area contributed by atoms with Crippen molar-refractivity contribution in [3.05, 3.63) is 70.0 Å². The maximum Gasteiger partial charge on any atom is 0.269 e. The van der Waals surface area contributed by atoms with Crippen molar-refractivity contribution in [3.8, 4) is 0 Å². The van der Waals surface area contributed by atoms with Crippen LogP contribution < -0.4 is 0 Å². The number of nitro benzene ring substituents is 1. The third-order valence-corrected chi connectivity index (χ3v) is 5.24. The van der Waals surface area contributed by atoms with E-state index >= 15 is 0 Å². The van der Waals surface area contributed by atoms with Crippen LogP contribution in [0.2, 0.25) is 0 Å². The van der Waals surface area contributed by atoms with Gasteiger partial charge in [0.1, 0.15) is 5.82 Å². The first-order valence-corrected chi connectivity index (χ1v) is 9.18. The van der Waals surface area contributed by atoms with Gasteiger partial charge in [-0.15, -0.1) is 0 Å². The van der Waals surface area contributed by atoms with Gasteiger partial charge in [0.2, 0.25) is 0 Å². The van der Waals surface area contributed by atoms with Crippen LogP contribution in [0.15, 0.2) is 48.5 Å². The molecule has 2 aromatic carbocycles. The number of aryl methyl sites for hydroxylation is 1. The fourth-order valence-electron chi connectivity index (χ4n) is 3.67. The zero-order valence-electron chi connectivity index (χ0n) is 15.4. The van der Waals surface area contributed by atoms with Crippen LogP contribution in [-0.2, 0) is 20.1 Å². The molecule has 0 radical (unpaired) electrons. The van der Waals surface area contributed by atoms with Crippen LogP contribution >= 0.6 is 0 Å². The number of rotatable bonds is 5. The van der Waals surface area contributed by atoms with Crippen molar-refractivity contribution < 1.29 is 4.92 Å². The molecule has 0 spiro atoms. The molecule has 3 aromatic rings. The van der Waals surface area contributed by atoms with Crippen molar-refractivity contribution >= 4 is 16.7 Å². The van der Waals surface area contributed by atoms with Crippen LogP contribution in [0.3, 0.4) is 0 Å². The average Bonchev–Trinajstić information content (AvgIpc) is 2.99. The van der Waals surface area contributed by atoms with Gasteiger partial charge in [0.05, 0.1) is 22.5 Å². The minimum absolute atomic E-state index is 0.160. The number of nitro groups is 1. The van der Waals surface area contributed by atoms with Gasteiger partial charge in [-0.05, 0) is 17.7 Å². The second-order valence-corrected chi connectivity index (χ2v) is 7.06. The van der Waals surface area contributed by atoms with Gasteiger partial charge in [-0.25, -0.2) is 4.98 Å². The first-order chi connectivity index (χ1) is 13.1. The number of non-ortho nitro benzene ring substituents is 1. The van der Waals surface area contributed by atoms with Gasteiger partial charge in [-0.1, -0.05) is 24.3 Å². The van der Waals surface area contributed by atoms with E-state index in [2.05, 4.69) is 33.5 Å². The summed E-state index contributed by atoms with van der Waals surface area (Å²) in [6, 6.07) is 15.1. The van der Waals surface area contributed by atoms with E-state index in [4.69, 9.17) is 4.98 Å². The van der Waals surface area contributed by atoms with Crippen LogP contribution in [0, 0.1) is 10.1 Å². The Morgan fingerprint density at radius 2 is 1.70 bits per heavy atom. The van der Waals surface area contributed by atoms with Crippen molar-refractivity contribution in [3.63, 3.8) is 0 Å². The number of para-hydroxylation sites is 2. The molecule has 0 bridgehead atoms. The van der Waals surface area contributed by atoms with Crippen molar-refractivity contribution in [1.29, 1.82) is 0 Å². The fraction of sp³-hybridized carbons (Fsp3) is 0.350. The molecule has 0 N–H and O–H groups in total. The average molecular weight is 365 g/mol. The molecule has 140 valence electrons. The maximum absolute atomic E-state index is 10.9. The lowest BCUT2D eigenvalue weighted by Gasteiger charge is -2.34. The number of fused-ring (bicyclic) bond motifs is 1. The standard InChI is InChI=1S/C20H23N5O2/c1-22-19-8-3-2-7-18(19)21-20(22)15-24-11-9-23(10-12-24)14-16-5-4-6-17(13-16)25(26)27/h2-8,13H,9-12,14-15H2,1H3. The van der Waals surface area contributed by atoms with Gasteiger partial charge in [0.15, 0.2) is 0 Å². The van der Waals surface area contributed by atoms with Crippen LogP contribution in [0.1, 0.15) is 11.4 Å². The molecule has 0 aliphatic carbocycles. The molecule has 0 saturated carbocycles. The van der Waals surface area contributed by atoms with E-state index < -0.39 is 0 Å². The molecule has 2 heterocycles. The Hall–Kier alpha value is -2.77. The van der Waals surface area contributed by atoms with Crippen LogP contribution in [0.4, 0.5) is 5.69 Å². The Bertz CT molecular complexity index is 960. The SMILES string of the molecule is Cn1c(CN2CCN(Cc3cccc([N+](=O)[O-])c3)CC2)nc2ccccc21. The topological polar surface area (TPSA) is 67.4 Å². The van der Waals surface area contributed by atoms with Crippen molar-refractivity contribution in [2.75, 3.05) is 26.2 Å². The van der Waals surface area contributed by atoms with Crippen LogP contribution in [0.5, 0.6) is 0 Å². The van der Waals surface area contributed by atoms with E-state index in [1.54, 1.807) is 12.1 Å². The van der Waals surface area contributed by atoms with Gasteiger partial charge in [0, 0.05) is 51.9 Å². The van der Waals surface area contributed by atoms with E-state index in [1.165, 1.54) is 6.07 Å². The lowest BCUT2D eigenvalue weighted by Crippen LogP contribution is -2.45. The fourth-order valence-corrected chi connectivity index (χ4v) is 3.67. The number of benzene rings is 2. The Morgan fingerprint density at radius 3 is 2.41 bits per heavy atom. The molecular formula is C20H23N5O2. The quantitative estimate of drug-likeness (QED) is 0.514. The highest BCUT2D eigenvalue weighted by atomic mass is 16.6. The van der Waals surface area contributed by atoms with E-state index in [0.29, 0.717) is 0 Å². The molecular weight excluding hydrogens is 342 g/mol. The van der Waals surface area contributed by atoms with Crippen molar-refractivity contribution in [2.24, 2.45) is 7.05 Å². The zero-order valence-corrected chi connectivity index (χ0v) is 15.4. The molecule has 4 rings (SSSR count). The summed E-state index contributed by atoms with van der Waals surface area (Å²) in [7, 11) is 2.07. The van der Waals surface area contributed by atoms with E-state index in [-0.39, 0.29) is 10.6 Å². The molecule has 1 aliphatic heterocycles. The second kappa shape index (κ2) is 7.46. The Morgan fingerprint density at radius 1 is 1.00 bits per heavy atom. The molecule has 1 aromatic heterocycles. The molecule has 0 amide bonds. The number of piperazine rings is 1. The predicted molar refractivity (Wildman–Crippen MR) is 104 cm³/mol.